The predicted molar refractivity (Wildman–Crippen MR) is 88.3 cm³/mol. The van der Waals surface area contributed by atoms with Crippen molar-refractivity contribution in [1.29, 1.82) is 0 Å². The van der Waals surface area contributed by atoms with Crippen molar-refractivity contribution in [2.24, 2.45) is 11.7 Å². The molecule has 3 heteroatoms. The third-order valence-electron chi connectivity index (χ3n) is 4.37. The summed E-state index contributed by atoms with van der Waals surface area (Å²) in [5.74, 6) is 0.856. The number of hydrogen-bond acceptors (Lipinski definition) is 3. The first kappa shape index (κ1) is 16.0. The van der Waals surface area contributed by atoms with Crippen molar-refractivity contribution >= 4 is 11.3 Å². The molecule has 0 saturated heterocycles. The van der Waals surface area contributed by atoms with E-state index < -0.39 is 0 Å². The van der Waals surface area contributed by atoms with E-state index in [-0.39, 0.29) is 11.5 Å². The summed E-state index contributed by atoms with van der Waals surface area (Å²) in [7, 11) is 0. The minimum absolute atomic E-state index is 0.153. The van der Waals surface area contributed by atoms with E-state index >= 15 is 0 Å². The molecule has 1 aliphatic carbocycles. The van der Waals surface area contributed by atoms with E-state index in [1.807, 2.05) is 0 Å². The van der Waals surface area contributed by atoms with Crippen molar-refractivity contribution in [3.8, 4) is 0 Å². The van der Waals surface area contributed by atoms with E-state index in [4.69, 9.17) is 10.7 Å². The molecule has 0 bridgehead atoms. The molecule has 2 rings (SSSR count). The summed E-state index contributed by atoms with van der Waals surface area (Å²) in [5, 5.41) is 3.42. The maximum atomic E-state index is 6.37. The molecule has 1 aliphatic rings. The van der Waals surface area contributed by atoms with Crippen LogP contribution in [0.5, 0.6) is 0 Å². The third-order valence-corrected chi connectivity index (χ3v) is 5.24. The van der Waals surface area contributed by atoms with Gasteiger partial charge in [0, 0.05) is 23.3 Å². The van der Waals surface area contributed by atoms with Gasteiger partial charge in [-0.25, -0.2) is 4.98 Å². The van der Waals surface area contributed by atoms with Gasteiger partial charge in [0.05, 0.1) is 10.7 Å². The highest BCUT2D eigenvalue weighted by Gasteiger charge is 2.20. The van der Waals surface area contributed by atoms with Crippen LogP contribution in [0.4, 0.5) is 0 Å². The Kier molecular flexibility index (Phi) is 5.62. The molecule has 0 amide bonds. The molecule has 1 unspecified atom stereocenters. The SMILES string of the molecule is CC(C)(C)c1csc(CC(N)CC2CCCCCC2)n1. The highest BCUT2D eigenvalue weighted by atomic mass is 32.1. The Morgan fingerprint density at radius 1 is 1.25 bits per heavy atom. The van der Waals surface area contributed by atoms with Crippen LogP contribution in [0, 0.1) is 5.92 Å². The molecule has 1 heterocycles. The summed E-state index contributed by atoms with van der Waals surface area (Å²) < 4.78 is 0. The van der Waals surface area contributed by atoms with Gasteiger partial charge in [-0.2, -0.15) is 0 Å². The molecule has 1 aromatic rings. The van der Waals surface area contributed by atoms with E-state index in [0.29, 0.717) is 0 Å². The number of rotatable bonds is 4. The van der Waals surface area contributed by atoms with Crippen LogP contribution in [0.3, 0.4) is 0 Å². The summed E-state index contributed by atoms with van der Waals surface area (Å²) in [6.45, 7) is 6.66. The van der Waals surface area contributed by atoms with Gasteiger partial charge in [0.2, 0.25) is 0 Å². The van der Waals surface area contributed by atoms with Crippen molar-refractivity contribution in [2.75, 3.05) is 0 Å². The Balaban J connectivity index is 1.84. The van der Waals surface area contributed by atoms with Crippen molar-refractivity contribution in [3.05, 3.63) is 16.1 Å². The van der Waals surface area contributed by atoms with Gasteiger partial charge >= 0.3 is 0 Å². The minimum Gasteiger partial charge on any atom is -0.327 e. The molecule has 1 atom stereocenters. The molecular weight excluding hydrogens is 264 g/mol. The van der Waals surface area contributed by atoms with E-state index in [2.05, 4.69) is 26.2 Å². The molecule has 0 aromatic carbocycles. The zero-order valence-electron chi connectivity index (χ0n) is 13.3. The first-order valence-corrected chi connectivity index (χ1v) is 9.03. The van der Waals surface area contributed by atoms with E-state index in [9.17, 15) is 0 Å². The van der Waals surface area contributed by atoms with Gasteiger partial charge in [0.1, 0.15) is 0 Å². The average molecular weight is 295 g/mol. The van der Waals surface area contributed by atoms with Crippen LogP contribution in [-0.4, -0.2) is 11.0 Å². The van der Waals surface area contributed by atoms with Crippen molar-refractivity contribution < 1.29 is 0 Å². The first-order valence-electron chi connectivity index (χ1n) is 8.15. The highest BCUT2D eigenvalue weighted by molar-refractivity contribution is 7.09. The predicted octanol–water partition coefficient (Wildman–Crippen LogP) is 4.67. The number of thiazole rings is 1. The fourth-order valence-corrected chi connectivity index (χ4v) is 4.20. The topological polar surface area (TPSA) is 38.9 Å². The second-order valence-electron chi connectivity index (χ2n) is 7.43. The lowest BCUT2D eigenvalue weighted by Gasteiger charge is -2.18. The lowest BCUT2D eigenvalue weighted by molar-refractivity contribution is 0.386. The van der Waals surface area contributed by atoms with Gasteiger partial charge in [-0.1, -0.05) is 59.3 Å². The van der Waals surface area contributed by atoms with Crippen molar-refractivity contribution in [1.82, 2.24) is 4.98 Å². The van der Waals surface area contributed by atoms with Gasteiger partial charge in [0.15, 0.2) is 0 Å². The van der Waals surface area contributed by atoms with Gasteiger partial charge in [0.25, 0.3) is 0 Å². The fourth-order valence-electron chi connectivity index (χ4n) is 3.08. The zero-order valence-corrected chi connectivity index (χ0v) is 14.1. The summed E-state index contributed by atoms with van der Waals surface area (Å²) >= 11 is 1.78. The Bertz CT molecular complexity index is 397. The molecular formula is C17H30N2S. The molecule has 0 radical (unpaired) electrons. The van der Waals surface area contributed by atoms with Crippen LogP contribution < -0.4 is 5.73 Å². The van der Waals surface area contributed by atoms with E-state index in [1.165, 1.54) is 55.6 Å². The van der Waals surface area contributed by atoms with Crippen LogP contribution in [0.2, 0.25) is 0 Å². The largest absolute Gasteiger partial charge is 0.327 e. The van der Waals surface area contributed by atoms with Crippen molar-refractivity contribution in [2.45, 2.75) is 83.6 Å². The summed E-state index contributed by atoms with van der Waals surface area (Å²) in [6.07, 6.45) is 10.6. The minimum atomic E-state index is 0.153. The number of aromatic nitrogens is 1. The van der Waals surface area contributed by atoms with E-state index in [1.54, 1.807) is 11.3 Å². The van der Waals surface area contributed by atoms with Crippen LogP contribution in [-0.2, 0) is 11.8 Å². The standard InChI is InChI=1S/C17H30N2S/c1-17(2,3)15-12-20-16(19-15)11-14(18)10-13-8-6-4-5-7-9-13/h12-14H,4-11,18H2,1-3H3. The molecule has 114 valence electrons. The maximum absolute atomic E-state index is 6.37. The Morgan fingerprint density at radius 3 is 2.45 bits per heavy atom. The Morgan fingerprint density at radius 2 is 1.90 bits per heavy atom. The normalized spacial score (nSPS) is 19.8. The summed E-state index contributed by atoms with van der Waals surface area (Å²) in [4.78, 5) is 4.77. The second-order valence-corrected chi connectivity index (χ2v) is 8.38. The molecule has 2 N–H and O–H groups in total. The van der Waals surface area contributed by atoms with Crippen LogP contribution in [0.25, 0.3) is 0 Å². The molecule has 0 spiro atoms. The summed E-state index contributed by atoms with van der Waals surface area (Å²) in [6, 6.07) is 0.289. The number of nitrogens with zero attached hydrogens (tertiary/aromatic N) is 1. The van der Waals surface area contributed by atoms with Crippen LogP contribution in [0.15, 0.2) is 5.38 Å². The average Bonchev–Trinajstić information content (AvgIpc) is 2.67. The molecule has 1 aromatic heterocycles. The number of nitrogens with two attached hydrogens (primary N) is 1. The second kappa shape index (κ2) is 7.04. The molecule has 1 saturated carbocycles. The van der Waals surface area contributed by atoms with E-state index in [0.717, 1.165) is 12.3 Å². The van der Waals surface area contributed by atoms with Gasteiger partial charge < -0.3 is 5.73 Å². The summed E-state index contributed by atoms with van der Waals surface area (Å²) in [5.41, 5.74) is 7.73. The number of hydrogen-bond donors (Lipinski definition) is 1. The van der Waals surface area contributed by atoms with Crippen molar-refractivity contribution in [3.63, 3.8) is 0 Å². The molecule has 20 heavy (non-hydrogen) atoms. The lowest BCUT2D eigenvalue weighted by Crippen LogP contribution is -2.26. The third kappa shape index (κ3) is 4.85. The fraction of sp³-hybridized carbons (Fsp3) is 0.824. The van der Waals surface area contributed by atoms with Gasteiger partial charge in [-0.15, -0.1) is 11.3 Å². The maximum Gasteiger partial charge on any atom is 0.0943 e. The highest BCUT2D eigenvalue weighted by Crippen LogP contribution is 2.28. The van der Waals surface area contributed by atoms with Crippen LogP contribution >= 0.6 is 11.3 Å². The van der Waals surface area contributed by atoms with Gasteiger partial charge in [-0.05, 0) is 12.3 Å². The Hall–Kier alpha value is -0.410. The molecule has 2 nitrogen and oxygen atoms in total. The smallest absolute Gasteiger partial charge is 0.0943 e. The Labute approximate surface area is 128 Å². The van der Waals surface area contributed by atoms with Gasteiger partial charge in [-0.3, -0.25) is 0 Å². The monoisotopic (exact) mass is 294 g/mol. The molecule has 1 fully saturated rings. The quantitative estimate of drug-likeness (QED) is 0.819. The first-order chi connectivity index (χ1) is 9.45. The van der Waals surface area contributed by atoms with Crippen LogP contribution in [0.1, 0.15) is 76.4 Å². The zero-order chi connectivity index (χ0) is 14.6. The lowest BCUT2D eigenvalue weighted by atomic mass is 9.91. The molecule has 0 aliphatic heterocycles.